The highest BCUT2D eigenvalue weighted by molar-refractivity contribution is 5.61. The van der Waals surface area contributed by atoms with E-state index in [2.05, 4.69) is 16.0 Å². The van der Waals surface area contributed by atoms with Gasteiger partial charge in [0.05, 0.1) is 29.9 Å². The highest BCUT2D eigenvalue weighted by atomic mass is 15.0. The molecule has 0 aliphatic carbocycles. The van der Waals surface area contributed by atoms with Crippen molar-refractivity contribution in [2.75, 3.05) is 5.73 Å². The van der Waals surface area contributed by atoms with E-state index in [-0.39, 0.29) is 0 Å². The highest BCUT2D eigenvalue weighted by Gasteiger charge is 2.06. The molecule has 1 aromatic carbocycles. The van der Waals surface area contributed by atoms with Gasteiger partial charge in [-0.3, -0.25) is 0 Å². The summed E-state index contributed by atoms with van der Waals surface area (Å²) in [5.74, 6) is 0.485. The Labute approximate surface area is 122 Å². The Balaban J connectivity index is 1.90. The summed E-state index contributed by atoms with van der Waals surface area (Å²) in [6.07, 6.45) is 5.27. The summed E-state index contributed by atoms with van der Waals surface area (Å²) in [4.78, 5) is 8.21. The fourth-order valence-electron chi connectivity index (χ4n) is 2.18. The van der Waals surface area contributed by atoms with E-state index in [0.717, 1.165) is 16.8 Å². The number of imidazole rings is 1. The Bertz CT molecular complexity index is 796. The zero-order valence-corrected chi connectivity index (χ0v) is 11.3. The van der Waals surface area contributed by atoms with Gasteiger partial charge in [-0.1, -0.05) is 12.1 Å². The molecule has 0 atom stereocenters. The zero-order valence-electron chi connectivity index (χ0n) is 11.3. The first-order valence-electron chi connectivity index (χ1n) is 6.47. The van der Waals surface area contributed by atoms with Crippen LogP contribution in [-0.2, 0) is 6.54 Å². The van der Waals surface area contributed by atoms with E-state index < -0.39 is 0 Å². The molecule has 21 heavy (non-hydrogen) atoms. The number of rotatable bonds is 3. The largest absolute Gasteiger partial charge is 0.384 e. The summed E-state index contributed by atoms with van der Waals surface area (Å²) in [5, 5.41) is 8.82. The molecule has 0 unspecified atom stereocenters. The lowest BCUT2D eigenvalue weighted by molar-refractivity contribution is 0.804. The molecule has 3 rings (SSSR count). The SMILES string of the molecule is N#Cc1ccc(Cn2cncc2-c2ccnc(N)c2)cc1. The van der Waals surface area contributed by atoms with Crippen molar-refractivity contribution in [1.82, 2.24) is 14.5 Å². The third-order valence-corrected chi connectivity index (χ3v) is 3.23. The quantitative estimate of drug-likeness (QED) is 0.796. The van der Waals surface area contributed by atoms with Crippen LogP contribution < -0.4 is 5.73 Å². The molecule has 2 N–H and O–H groups in total. The summed E-state index contributed by atoms with van der Waals surface area (Å²) < 4.78 is 2.04. The van der Waals surface area contributed by atoms with Crippen molar-refractivity contribution >= 4 is 5.82 Å². The van der Waals surface area contributed by atoms with Gasteiger partial charge in [0.15, 0.2) is 0 Å². The van der Waals surface area contributed by atoms with Crippen LogP contribution in [0.4, 0.5) is 5.82 Å². The van der Waals surface area contributed by atoms with Crippen LogP contribution in [0.25, 0.3) is 11.3 Å². The minimum atomic E-state index is 0.485. The molecule has 5 nitrogen and oxygen atoms in total. The lowest BCUT2D eigenvalue weighted by atomic mass is 10.1. The molecule has 0 bridgehead atoms. The molecule has 0 saturated heterocycles. The number of pyridine rings is 1. The van der Waals surface area contributed by atoms with Crippen LogP contribution in [0.2, 0.25) is 0 Å². The van der Waals surface area contributed by atoms with Crippen molar-refractivity contribution in [2.45, 2.75) is 6.54 Å². The lowest BCUT2D eigenvalue weighted by Crippen LogP contribution is -2.01. The first kappa shape index (κ1) is 12.9. The monoisotopic (exact) mass is 275 g/mol. The number of nitrogens with two attached hydrogens (primary N) is 1. The van der Waals surface area contributed by atoms with Gasteiger partial charge in [-0.25, -0.2) is 9.97 Å². The van der Waals surface area contributed by atoms with E-state index >= 15 is 0 Å². The molecule has 0 amide bonds. The highest BCUT2D eigenvalue weighted by Crippen LogP contribution is 2.21. The predicted molar refractivity (Wildman–Crippen MR) is 80.1 cm³/mol. The minimum absolute atomic E-state index is 0.485. The molecule has 0 saturated carbocycles. The first-order chi connectivity index (χ1) is 10.3. The molecule has 102 valence electrons. The molecular formula is C16H13N5. The zero-order chi connectivity index (χ0) is 14.7. The smallest absolute Gasteiger partial charge is 0.123 e. The van der Waals surface area contributed by atoms with E-state index in [1.165, 1.54) is 0 Å². The standard InChI is InChI=1S/C16H13N5/c17-8-12-1-3-13(4-2-12)10-21-11-19-9-15(21)14-5-6-20-16(18)7-14/h1-7,9,11H,10H2,(H2,18,20). The van der Waals surface area contributed by atoms with E-state index in [4.69, 9.17) is 11.0 Å². The molecule has 0 spiro atoms. The van der Waals surface area contributed by atoms with Crippen molar-refractivity contribution in [1.29, 1.82) is 5.26 Å². The molecule has 0 radical (unpaired) electrons. The van der Waals surface area contributed by atoms with Crippen molar-refractivity contribution < 1.29 is 0 Å². The van der Waals surface area contributed by atoms with E-state index in [0.29, 0.717) is 17.9 Å². The average molecular weight is 275 g/mol. The average Bonchev–Trinajstić information content (AvgIpc) is 2.96. The van der Waals surface area contributed by atoms with Crippen LogP contribution in [-0.4, -0.2) is 14.5 Å². The van der Waals surface area contributed by atoms with E-state index in [1.807, 2.05) is 41.0 Å². The number of nitrogens with zero attached hydrogens (tertiary/aromatic N) is 4. The van der Waals surface area contributed by atoms with Crippen LogP contribution in [0.5, 0.6) is 0 Å². The Hall–Kier alpha value is -3.13. The van der Waals surface area contributed by atoms with Crippen molar-refractivity contribution in [3.63, 3.8) is 0 Å². The third-order valence-electron chi connectivity index (χ3n) is 3.23. The second kappa shape index (κ2) is 5.47. The summed E-state index contributed by atoms with van der Waals surface area (Å²) in [5.41, 5.74) is 9.45. The number of aromatic nitrogens is 3. The van der Waals surface area contributed by atoms with Gasteiger partial charge < -0.3 is 10.3 Å². The van der Waals surface area contributed by atoms with Gasteiger partial charge in [-0.15, -0.1) is 0 Å². The Morgan fingerprint density at radius 3 is 2.71 bits per heavy atom. The molecule has 2 heterocycles. The molecule has 0 fully saturated rings. The summed E-state index contributed by atoms with van der Waals surface area (Å²) >= 11 is 0. The summed E-state index contributed by atoms with van der Waals surface area (Å²) in [6, 6.07) is 13.4. The fourth-order valence-corrected chi connectivity index (χ4v) is 2.18. The molecule has 3 aromatic rings. The maximum absolute atomic E-state index is 8.82. The second-order valence-corrected chi connectivity index (χ2v) is 4.68. The maximum atomic E-state index is 8.82. The molecule has 2 aromatic heterocycles. The molecule has 0 aliphatic heterocycles. The Morgan fingerprint density at radius 2 is 2.00 bits per heavy atom. The predicted octanol–water partition coefficient (Wildman–Crippen LogP) is 2.45. The van der Waals surface area contributed by atoms with Gasteiger partial charge in [0.25, 0.3) is 0 Å². The topological polar surface area (TPSA) is 80.5 Å². The van der Waals surface area contributed by atoms with Gasteiger partial charge in [0, 0.05) is 18.3 Å². The number of hydrogen-bond acceptors (Lipinski definition) is 4. The van der Waals surface area contributed by atoms with Crippen molar-refractivity contribution in [3.8, 4) is 17.3 Å². The van der Waals surface area contributed by atoms with Crippen LogP contribution in [0.15, 0.2) is 55.1 Å². The number of anilines is 1. The normalized spacial score (nSPS) is 10.2. The Kier molecular flexibility index (Phi) is 3.36. The van der Waals surface area contributed by atoms with Crippen LogP contribution in [0.3, 0.4) is 0 Å². The minimum Gasteiger partial charge on any atom is -0.384 e. The molecule has 5 heteroatoms. The summed E-state index contributed by atoms with van der Waals surface area (Å²) in [7, 11) is 0. The first-order valence-corrected chi connectivity index (χ1v) is 6.47. The van der Waals surface area contributed by atoms with Gasteiger partial charge in [-0.2, -0.15) is 5.26 Å². The van der Waals surface area contributed by atoms with E-state index in [1.54, 1.807) is 18.7 Å². The van der Waals surface area contributed by atoms with Crippen LogP contribution in [0, 0.1) is 11.3 Å². The number of benzene rings is 1. The van der Waals surface area contributed by atoms with Crippen molar-refractivity contribution in [2.24, 2.45) is 0 Å². The number of hydrogen-bond donors (Lipinski definition) is 1. The van der Waals surface area contributed by atoms with Gasteiger partial charge in [-0.05, 0) is 29.8 Å². The lowest BCUT2D eigenvalue weighted by Gasteiger charge is -2.09. The number of nitriles is 1. The molecule has 0 aliphatic rings. The number of nitrogen functional groups attached to an aromatic ring is 1. The van der Waals surface area contributed by atoms with Gasteiger partial charge >= 0.3 is 0 Å². The maximum Gasteiger partial charge on any atom is 0.123 e. The third kappa shape index (κ3) is 2.74. The Morgan fingerprint density at radius 1 is 1.19 bits per heavy atom. The summed E-state index contributed by atoms with van der Waals surface area (Å²) in [6.45, 7) is 0.684. The van der Waals surface area contributed by atoms with Gasteiger partial charge in [0.2, 0.25) is 0 Å². The fraction of sp³-hybridized carbons (Fsp3) is 0.0625. The van der Waals surface area contributed by atoms with Crippen molar-refractivity contribution in [3.05, 3.63) is 66.2 Å². The molecular weight excluding hydrogens is 262 g/mol. The van der Waals surface area contributed by atoms with E-state index in [9.17, 15) is 0 Å². The van der Waals surface area contributed by atoms with Crippen LogP contribution >= 0.6 is 0 Å². The second-order valence-electron chi connectivity index (χ2n) is 4.68. The van der Waals surface area contributed by atoms with Gasteiger partial charge in [0.1, 0.15) is 5.82 Å². The van der Waals surface area contributed by atoms with Crippen LogP contribution in [0.1, 0.15) is 11.1 Å².